The van der Waals surface area contributed by atoms with E-state index >= 15 is 0 Å². The third-order valence-corrected chi connectivity index (χ3v) is 5.22. The molecule has 1 saturated heterocycles. The number of para-hydroxylation sites is 2. The number of nitrogens with one attached hydrogen (secondary N) is 1. The predicted octanol–water partition coefficient (Wildman–Crippen LogP) is 2.76. The molecule has 1 N–H and O–H groups in total. The summed E-state index contributed by atoms with van der Waals surface area (Å²) >= 11 is 0. The normalized spacial score (nSPS) is 23.5. The number of rotatable bonds is 5. The van der Waals surface area contributed by atoms with Crippen LogP contribution in [0.3, 0.4) is 0 Å². The highest BCUT2D eigenvalue weighted by molar-refractivity contribution is 5.85. The smallest absolute Gasteiger partial charge is 0.292 e. The van der Waals surface area contributed by atoms with Gasteiger partial charge in [0.25, 0.3) is 5.69 Å². The van der Waals surface area contributed by atoms with Gasteiger partial charge in [0.15, 0.2) is 0 Å². The summed E-state index contributed by atoms with van der Waals surface area (Å²) in [6.07, 6.45) is 5.26. The Labute approximate surface area is 146 Å². The Bertz CT molecular complexity index is 676. The van der Waals surface area contributed by atoms with E-state index < -0.39 is 4.92 Å². The lowest BCUT2D eigenvalue weighted by Crippen LogP contribution is -2.45. The van der Waals surface area contributed by atoms with Crippen LogP contribution in [-0.2, 0) is 9.59 Å². The van der Waals surface area contributed by atoms with Crippen molar-refractivity contribution >= 4 is 23.1 Å². The minimum atomic E-state index is -0.466. The zero-order chi connectivity index (χ0) is 17.8. The fourth-order valence-corrected chi connectivity index (χ4v) is 3.99. The Morgan fingerprint density at radius 1 is 1.24 bits per heavy atom. The van der Waals surface area contributed by atoms with Crippen molar-refractivity contribution in [2.24, 2.45) is 5.92 Å². The monoisotopic (exact) mass is 345 g/mol. The zero-order valence-electron chi connectivity index (χ0n) is 14.1. The molecule has 1 saturated carbocycles. The van der Waals surface area contributed by atoms with Gasteiger partial charge in [-0.1, -0.05) is 18.6 Å². The highest BCUT2D eigenvalue weighted by Gasteiger charge is 2.38. The van der Waals surface area contributed by atoms with E-state index in [1.165, 1.54) is 6.07 Å². The number of likely N-dealkylation sites (tertiary alicyclic amines) is 1. The molecule has 2 aliphatic rings. The Balaban J connectivity index is 1.64. The number of anilines is 1. The van der Waals surface area contributed by atoms with E-state index in [1.54, 1.807) is 23.1 Å². The minimum absolute atomic E-state index is 0.00225. The van der Waals surface area contributed by atoms with Gasteiger partial charge in [0.05, 0.1) is 11.5 Å². The van der Waals surface area contributed by atoms with E-state index in [9.17, 15) is 19.7 Å². The molecule has 2 unspecified atom stereocenters. The number of carbonyl (C=O) groups is 2. The second-order valence-corrected chi connectivity index (χ2v) is 6.74. The van der Waals surface area contributed by atoms with Crippen molar-refractivity contribution < 1.29 is 14.5 Å². The molecule has 1 heterocycles. The molecule has 7 heteroatoms. The molecule has 0 radical (unpaired) electrons. The van der Waals surface area contributed by atoms with Crippen molar-refractivity contribution in [3.8, 4) is 0 Å². The van der Waals surface area contributed by atoms with Gasteiger partial charge in [0, 0.05) is 31.0 Å². The van der Waals surface area contributed by atoms with Gasteiger partial charge in [-0.25, -0.2) is 0 Å². The second-order valence-electron chi connectivity index (χ2n) is 6.74. The summed E-state index contributed by atoms with van der Waals surface area (Å²) in [6.45, 7) is 0.661. The molecule has 1 aliphatic heterocycles. The lowest BCUT2D eigenvalue weighted by Gasteiger charge is -2.33. The van der Waals surface area contributed by atoms with Crippen LogP contribution in [0.4, 0.5) is 11.4 Å². The van der Waals surface area contributed by atoms with E-state index in [4.69, 9.17) is 0 Å². The molecule has 1 amide bonds. The number of carbonyl (C=O) groups excluding carboxylic acids is 2. The highest BCUT2D eigenvalue weighted by atomic mass is 16.6. The number of benzene rings is 1. The largest absolute Gasteiger partial charge is 0.371 e. The number of hydrogen-bond donors (Lipinski definition) is 1. The molecule has 2 fully saturated rings. The maximum absolute atomic E-state index is 12.6. The molecular weight excluding hydrogens is 322 g/mol. The first kappa shape index (κ1) is 17.4. The molecule has 0 spiro atoms. The Morgan fingerprint density at radius 3 is 2.80 bits per heavy atom. The summed E-state index contributed by atoms with van der Waals surface area (Å²) in [6, 6.07) is 6.28. The van der Waals surface area contributed by atoms with Gasteiger partial charge in [-0.05, 0) is 31.7 Å². The molecule has 0 bridgehead atoms. The molecule has 0 aromatic heterocycles. The van der Waals surface area contributed by atoms with Crippen LogP contribution >= 0.6 is 0 Å². The molecule has 3 rings (SSSR count). The summed E-state index contributed by atoms with van der Waals surface area (Å²) in [5, 5.41) is 13.9. The Morgan fingerprint density at radius 2 is 2.04 bits per heavy atom. The number of hydrogen-bond acceptors (Lipinski definition) is 5. The summed E-state index contributed by atoms with van der Waals surface area (Å²) in [4.78, 5) is 37.2. The van der Waals surface area contributed by atoms with Gasteiger partial charge < -0.3 is 10.2 Å². The first-order chi connectivity index (χ1) is 12.1. The SMILES string of the molecule is O=C1CCCCC1C1CCCN1C(=O)CNc1ccccc1[N+](=O)[O-]. The van der Waals surface area contributed by atoms with Crippen LogP contribution in [0, 0.1) is 16.0 Å². The van der Waals surface area contributed by atoms with Crippen LogP contribution in [0.25, 0.3) is 0 Å². The van der Waals surface area contributed by atoms with Crippen LogP contribution in [-0.4, -0.2) is 40.6 Å². The predicted molar refractivity (Wildman–Crippen MR) is 93.3 cm³/mol. The van der Waals surface area contributed by atoms with Gasteiger partial charge in [0.2, 0.25) is 5.91 Å². The lowest BCUT2D eigenvalue weighted by molar-refractivity contribution is -0.383. The fourth-order valence-electron chi connectivity index (χ4n) is 3.99. The van der Waals surface area contributed by atoms with E-state index in [0.717, 1.165) is 32.1 Å². The summed E-state index contributed by atoms with van der Waals surface area (Å²) in [7, 11) is 0. The Kier molecular flexibility index (Phi) is 5.31. The average molecular weight is 345 g/mol. The van der Waals surface area contributed by atoms with E-state index in [-0.39, 0.29) is 35.9 Å². The molecular formula is C18H23N3O4. The number of nitrogens with zero attached hydrogens (tertiary/aromatic N) is 2. The second kappa shape index (κ2) is 7.63. The first-order valence-electron chi connectivity index (χ1n) is 8.87. The van der Waals surface area contributed by atoms with Gasteiger partial charge in [-0.3, -0.25) is 19.7 Å². The number of nitro groups is 1. The van der Waals surface area contributed by atoms with Crippen molar-refractivity contribution in [1.29, 1.82) is 0 Å². The van der Waals surface area contributed by atoms with Crippen molar-refractivity contribution in [2.45, 2.75) is 44.6 Å². The molecule has 1 aliphatic carbocycles. The van der Waals surface area contributed by atoms with Gasteiger partial charge in [-0.15, -0.1) is 0 Å². The zero-order valence-corrected chi connectivity index (χ0v) is 14.1. The van der Waals surface area contributed by atoms with Crippen LogP contribution in [0.1, 0.15) is 38.5 Å². The maximum atomic E-state index is 12.6. The Hall–Kier alpha value is -2.44. The summed E-state index contributed by atoms with van der Waals surface area (Å²) in [5.74, 6) is 0.146. The molecule has 7 nitrogen and oxygen atoms in total. The first-order valence-corrected chi connectivity index (χ1v) is 8.87. The van der Waals surface area contributed by atoms with Crippen molar-refractivity contribution in [1.82, 2.24) is 4.90 Å². The van der Waals surface area contributed by atoms with Crippen molar-refractivity contribution in [3.05, 3.63) is 34.4 Å². The van der Waals surface area contributed by atoms with E-state index in [0.29, 0.717) is 18.7 Å². The summed E-state index contributed by atoms with van der Waals surface area (Å²) in [5.41, 5.74) is 0.293. The summed E-state index contributed by atoms with van der Waals surface area (Å²) < 4.78 is 0. The van der Waals surface area contributed by atoms with Crippen LogP contribution in [0.5, 0.6) is 0 Å². The van der Waals surface area contributed by atoms with Crippen molar-refractivity contribution in [3.63, 3.8) is 0 Å². The number of amides is 1. The molecule has 2 atom stereocenters. The quantitative estimate of drug-likeness (QED) is 0.654. The highest BCUT2D eigenvalue weighted by Crippen LogP contribution is 2.32. The number of Topliss-reactive ketones (excluding diaryl/α,β-unsaturated/α-hetero) is 1. The maximum Gasteiger partial charge on any atom is 0.292 e. The van der Waals surface area contributed by atoms with Crippen LogP contribution < -0.4 is 5.32 Å². The third-order valence-electron chi connectivity index (χ3n) is 5.22. The fraction of sp³-hybridized carbons (Fsp3) is 0.556. The van der Waals surface area contributed by atoms with Gasteiger partial charge in [-0.2, -0.15) is 0 Å². The molecule has 1 aromatic carbocycles. The number of nitro benzene ring substituents is 1. The molecule has 25 heavy (non-hydrogen) atoms. The van der Waals surface area contributed by atoms with E-state index in [1.807, 2.05) is 0 Å². The van der Waals surface area contributed by atoms with Crippen molar-refractivity contribution in [2.75, 3.05) is 18.4 Å². The third kappa shape index (κ3) is 3.81. The minimum Gasteiger partial charge on any atom is -0.371 e. The standard InChI is InChI=1S/C18H23N3O4/c22-17-10-4-1-6-13(17)15-9-5-11-20(15)18(23)12-19-14-7-2-3-8-16(14)21(24)25/h2-3,7-8,13,15,19H,1,4-6,9-12H2. The van der Waals surface area contributed by atoms with Crippen LogP contribution in [0.15, 0.2) is 24.3 Å². The lowest BCUT2D eigenvalue weighted by atomic mass is 9.82. The van der Waals surface area contributed by atoms with Gasteiger partial charge >= 0.3 is 0 Å². The van der Waals surface area contributed by atoms with Crippen LogP contribution in [0.2, 0.25) is 0 Å². The topological polar surface area (TPSA) is 92.6 Å². The van der Waals surface area contributed by atoms with E-state index in [2.05, 4.69) is 5.32 Å². The molecule has 1 aromatic rings. The number of ketones is 1. The molecule has 134 valence electrons. The van der Waals surface area contributed by atoms with Gasteiger partial charge in [0.1, 0.15) is 11.5 Å². The average Bonchev–Trinajstić information content (AvgIpc) is 3.09.